The molecule has 7 heteroatoms. The second-order valence-electron chi connectivity index (χ2n) is 6.38. The lowest BCUT2D eigenvalue weighted by molar-refractivity contribution is 0.540. The van der Waals surface area contributed by atoms with Gasteiger partial charge in [-0.2, -0.15) is 0 Å². The first-order valence-corrected chi connectivity index (χ1v) is 8.68. The molecule has 4 rings (SSSR count). The van der Waals surface area contributed by atoms with Gasteiger partial charge in [0.15, 0.2) is 5.82 Å². The van der Waals surface area contributed by atoms with Crippen LogP contribution in [0.4, 0.5) is 14.5 Å². The number of benzene rings is 1. The highest BCUT2D eigenvalue weighted by Gasteiger charge is 2.23. The number of anilines is 1. The van der Waals surface area contributed by atoms with Gasteiger partial charge in [-0.1, -0.05) is 19.1 Å². The molecule has 0 N–H and O–H groups in total. The van der Waals surface area contributed by atoms with Crippen LogP contribution in [0.5, 0.6) is 0 Å². The molecule has 0 saturated carbocycles. The molecule has 0 unspecified atom stereocenters. The van der Waals surface area contributed by atoms with Crippen LogP contribution in [0, 0.1) is 11.6 Å². The maximum absolute atomic E-state index is 14.0. The molecule has 3 heterocycles. The average molecular weight is 355 g/mol. The molecule has 0 amide bonds. The van der Waals surface area contributed by atoms with Crippen LogP contribution in [-0.2, 0) is 25.9 Å². The quantitative estimate of drug-likeness (QED) is 0.721. The second kappa shape index (κ2) is 6.82. The van der Waals surface area contributed by atoms with Gasteiger partial charge in [-0.15, -0.1) is 10.2 Å². The maximum atomic E-state index is 14.0. The van der Waals surface area contributed by atoms with Crippen LogP contribution >= 0.6 is 0 Å². The smallest absolute Gasteiger partial charge is 0.152 e. The summed E-state index contributed by atoms with van der Waals surface area (Å²) < 4.78 is 29.2. The van der Waals surface area contributed by atoms with Crippen LogP contribution in [0.15, 0.2) is 36.7 Å². The predicted octanol–water partition coefficient (Wildman–Crippen LogP) is 3.12. The first-order valence-electron chi connectivity index (χ1n) is 8.68. The minimum atomic E-state index is -0.269. The van der Waals surface area contributed by atoms with E-state index in [1.165, 1.54) is 18.3 Å². The zero-order chi connectivity index (χ0) is 18.1. The molecule has 1 aliphatic rings. The molecule has 3 aromatic rings. The summed E-state index contributed by atoms with van der Waals surface area (Å²) in [4.78, 5) is 6.10. The van der Waals surface area contributed by atoms with E-state index in [1.54, 1.807) is 18.3 Å². The third-order valence-corrected chi connectivity index (χ3v) is 4.78. The minimum absolute atomic E-state index is 0.247. The Balaban J connectivity index is 1.57. The van der Waals surface area contributed by atoms with Crippen molar-refractivity contribution in [3.8, 4) is 0 Å². The second-order valence-corrected chi connectivity index (χ2v) is 6.38. The number of nitrogens with zero attached hydrogens (tertiary/aromatic N) is 5. The molecule has 1 aromatic carbocycles. The number of hydrogen-bond donors (Lipinski definition) is 0. The van der Waals surface area contributed by atoms with Gasteiger partial charge in [0.05, 0.1) is 24.6 Å². The summed E-state index contributed by atoms with van der Waals surface area (Å²) in [6.45, 7) is 3.96. The Morgan fingerprint density at radius 2 is 1.85 bits per heavy atom. The fourth-order valence-electron chi connectivity index (χ4n) is 3.41. The number of aromatic nitrogens is 4. The normalized spacial score (nSPS) is 13.7. The van der Waals surface area contributed by atoms with E-state index in [0.717, 1.165) is 36.0 Å². The van der Waals surface area contributed by atoms with E-state index in [0.29, 0.717) is 24.9 Å². The minimum Gasteiger partial charge on any atom is -0.361 e. The summed E-state index contributed by atoms with van der Waals surface area (Å²) in [6, 6.07) is 6.43. The third kappa shape index (κ3) is 3.05. The first kappa shape index (κ1) is 16.6. The zero-order valence-electron chi connectivity index (χ0n) is 14.5. The number of fused-ring (bicyclic) bond motifs is 1. The largest absolute Gasteiger partial charge is 0.361 e. The maximum Gasteiger partial charge on any atom is 0.152 e. The van der Waals surface area contributed by atoms with Gasteiger partial charge >= 0.3 is 0 Å². The summed E-state index contributed by atoms with van der Waals surface area (Å²) in [5.41, 5.74) is 2.49. The zero-order valence-corrected chi connectivity index (χ0v) is 14.5. The monoisotopic (exact) mass is 355 g/mol. The average Bonchev–Trinajstić information content (AvgIpc) is 3.05. The number of halogens is 2. The molecule has 1 aliphatic heterocycles. The van der Waals surface area contributed by atoms with Crippen LogP contribution in [0.1, 0.15) is 29.7 Å². The lowest BCUT2D eigenvalue weighted by Gasteiger charge is -2.31. The molecule has 0 aliphatic carbocycles. The molecular weight excluding hydrogens is 336 g/mol. The van der Waals surface area contributed by atoms with E-state index in [9.17, 15) is 8.78 Å². The Morgan fingerprint density at radius 1 is 1.04 bits per heavy atom. The Hall–Kier alpha value is -2.83. The summed E-state index contributed by atoms with van der Waals surface area (Å²) in [5.74, 6) is 1.19. The van der Waals surface area contributed by atoms with Gasteiger partial charge in [0.25, 0.3) is 0 Å². The van der Waals surface area contributed by atoms with Gasteiger partial charge in [0, 0.05) is 25.1 Å². The highest BCUT2D eigenvalue weighted by atomic mass is 19.1. The van der Waals surface area contributed by atoms with Crippen LogP contribution in [0.3, 0.4) is 0 Å². The Kier molecular flexibility index (Phi) is 4.36. The molecule has 0 spiro atoms. The fraction of sp³-hybridized carbons (Fsp3) is 0.316. The molecule has 0 saturated heterocycles. The van der Waals surface area contributed by atoms with Crippen molar-refractivity contribution in [1.82, 2.24) is 19.7 Å². The van der Waals surface area contributed by atoms with E-state index < -0.39 is 0 Å². The van der Waals surface area contributed by atoms with Crippen LogP contribution in [-0.4, -0.2) is 26.3 Å². The summed E-state index contributed by atoms with van der Waals surface area (Å²) in [5, 5.41) is 8.61. The van der Waals surface area contributed by atoms with Gasteiger partial charge in [-0.25, -0.2) is 8.78 Å². The van der Waals surface area contributed by atoms with E-state index in [-0.39, 0.29) is 11.6 Å². The van der Waals surface area contributed by atoms with Gasteiger partial charge in [0.1, 0.15) is 17.5 Å². The van der Waals surface area contributed by atoms with Crippen molar-refractivity contribution < 1.29 is 8.78 Å². The van der Waals surface area contributed by atoms with Crippen molar-refractivity contribution in [1.29, 1.82) is 0 Å². The molecule has 134 valence electrons. The molecule has 5 nitrogen and oxygen atoms in total. The summed E-state index contributed by atoms with van der Waals surface area (Å²) >= 11 is 0. The van der Waals surface area contributed by atoms with Crippen molar-refractivity contribution in [2.45, 2.75) is 32.9 Å². The Morgan fingerprint density at radius 3 is 2.62 bits per heavy atom. The highest BCUT2D eigenvalue weighted by molar-refractivity contribution is 5.52. The standard InChI is InChI=1S/C19H19F2N5/c1-2-15-16(21)10-22-11-17(15)25-7-8-26-18(23-24-19(26)12-25)9-13-3-5-14(20)6-4-13/h3-6,10-11H,2,7-9,12H2,1H3. The van der Waals surface area contributed by atoms with Crippen LogP contribution in [0.25, 0.3) is 0 Å². The van der Waals surface area contributed by atoms with E-state index >= 15 is 0 Å². The molecule has 2 aromatic heterocycles. The topological polar surface area (TPSA) is 46.8 Å². The van der Waals surface area contributed by atoms with Crippen molar-refractivity contribution in [2.24, 2.45) is 0 Å². The van der Waals surface area contributed by atoms with Gasteiger partial charge < -0.3 is 9.47 Å². The first-order chi connectivity index (χ1) is 12.7. The van der Waals surface area contributed by atoms with Crippen molar-refractivity contribution in [3.05, 3.63) is 71.1 Å². The summed E-state index contributed by atoms with van der Waals surface area (Å²) in [6.07, 6.45) is 4.20. The van der Waals surface area contributed by atoms with Crippen LogP contribution < -0.4 is 4.90 Å². The summed E-state index contributed by atoms with van der Waals surface area (Å²) in [7, 11) is 0. The lowest BCUT2D eigenvalue weighted by atomic mass is 10.1. The van der Waals surface area contributed by atoms with Gasteiger partial charge in [0.2, 0.25) is 0 Å². The number of pyridine rings is 1. The molecule has 0 bridgehead atoms. The van der Waals surface area contributed by atoms with Crippen molar-refractivity contribution >= 4 is 5.69 Å². The fourth-order valence-corrected chi connectivity index (χ4v) is 3.41. The third-order valence-electron chi connectivity index (χ3n) is 4.78. The van der Waals surface area contributed by atoms with Crippen molar-refractivity contribution in [3.63, 3.8) is 0 Å². The Bertz CT molecular complexity index is 920. The molecule has 26 heavy (non-hydrogen) atoms. The molecular formula is C19H19F2N5. The molecule has 0 atom stereocenters. The SMILES string of the molecule is CCc1c(F)cncc1N1CCn2c(Cc3ccc(F)cc3)nnc2C1. The number of hydrogen-bond acceptors (Lipinski definition) is 4. The predicted molar refractivity (Wildman–Crippen MR) is 93.9 cm³/mol. The van der Waals surface area contributed by atoms with E-state index in [1.807, 2.05) is 6.92 Å². The van der Waals surface area contributed by atoms with E-state index in [4.69, 9.17) is 0 Å². The lowest BCUT2D eigenvalue weighted by Crippen LogP contribution is -2.35. The van der Waals surface area contributed by atoms with Gasteiger partial charge in [-0.3, -0.25) is 4.98 Å². The van der Waals surface area contributed by atoms with Crippen molar-refractivity contribution in [2.75, 3.05) is 11.4 Å². The highest BCUT2D eigenvalue weighted by Crippen LogP contribution is 2.26. The van der Waals surface area contributed by atoms with E-state index in [2.05, 4.69) is 24.6 Å². The molecule has 0 radical (unpaired) electrons. The van der Waals surface area contributed by atoms with Crippen LogP contribution in [0.2, 0.25) is 0 Å². The molecule has 0 fully saturated rings. The number of rotatable bonds is 4. The Labute approximate surface area is 150 Å². The van der Waals surface area contributed by atoms with Gasteiger partial charge in [-0.05, 0) is 24.1 Å².